The number of carbonyl (C=O) groups excluding carboxylic acids is 1. The molecule has 7 nitrogen and oxygen atoms in total. The molecule has 20 heavy (non-hydrogen) atoms. The van der Waals surface area contributed by atoms with Gasteiger partial charge in [-0.2, -0.15) is 0 Å². The van der Waals surface area contributed by atoms with Gasteiger partial charge in [-0.25, -0.2) is 0 Å². The van der Waals surface area contributed by atoms with E-state index in [1.54, 1.807) is 13.3 Å². The Balaban J connectivity index is 1.74. The third-order valence-electron chi connectivity index (χ3n) is 3.20. The number of aliphatic carboxylic acids is 1. The monoisotopic (exact) mass is 298 g/mol. The quantitative estimate of drug-likeness (QED) is 0.693. The number of thioether (sulfide) groups is 1. The van der Waals surface area contributed by atoms with E-state index in [1.807, 2.05) is 4.57 Å². The first-order chi connectivity index (χ1) is 9.61. The molecule has 1 aromatic rings. The molecule has 0 bridgehead atoms. The Morgan fingerprint density at radius 2 is 2.35 bits per heavy atom. The second kappa shape index (κ2) is 6.74. The topological polar surface area (TPSA) is 97.1 Å². The Bertz CT molecular complexity index is 487. The van der Waals surface area contributed by atoms with Crippen molar-refractivity contribution >= 4 is 23.6 Å². The highest BCUT2D eigenvalue weighted by Gasteiger charge is 2.26. The van der Waals surface area contributed by atoms with Crippen molar-refractivity contribution < 1.29 is 14.7 Å². The molecule has 2 N–H and O–H groups in total. The van der Waals surface area contributed by atoms with Gasteiger partial charge in [0, 0.05) is 12.6 Å². The number of carboxylic acids is 1. The maximum absolute atomic E-state index is 11.7. The Hall–Kier alpha value is -1.57. The van der Waals surface area contributed by atoms with Crippen molar-refractivity contribution in [3.8, 4) is 0 Å². The Morgan fingerprint density at radius 1 is 1.60 bits per heavy atom. The lowest BCUT2D eigenvalue weighted by Crippen LogP contribution is -2.33. The fourth-order valence-electron chi connectivity index (χ4n) is 1.76. The second-order valence-corrected chi connectivity index (χ2v) is 5.73. The molecule has 1 unspecified atom stereocenters. The molecule has 0 aromatic carbocycles. The summed E-state index contributed by atoms with van der Waals surface area (Å²) in [5.74, 6) is -1.37. The predicted octanol–water partition coefficient (Wildman–Crippen LogP) is 0.932. The average molecular weight is 298 g/mol. The summed E-state index contributed by atoms with van der Waals surface area (Å²) in [4.78, 5) is 22.5. The zero-order valence-electron chi connectivity index (χ0n) is 11.3. The van der Waals surface area contributed by atoms with Gasteiger partial charge in [0.05, 0.1) is 11.7 Å². The van der Waals surface area contributed by atoms with Crippen LogP contribution in [-0.2, 0) is 9.59 Å². The first-order valence-corrected chi connectivity index (χ1v) is 7.62. The molecule has 1 aromatic heterocycles. The number of aromatic nitrogens is 3. The number of rotatable bonds is 8. The van der Waals surface area contributed by atoms with Gasteiger partial charge in [0.1, 0.15) is 6.33 Å². The molecular weight excluding hydrogens is 280 g/mol. The van der Waals surface area contributed by atoms with Crippen LogP contribution in [-0.4, -0.2) is 44.0 Å². The van der Waals surface area contributed by atoms with Crippen molar-refractivity contribution in [1.82, 2.24) is 20.1 Å². The van der Waals surface area contributed by atoms with Gasteiger partial charge >= 0.3 is 5.97 Å². The third kappa shape index (κ3) is 3.96. The molecular formula is C12H18N4O3S. The number of amides is 1. The van der Waals surface area contributed by atoms with Crippen LogP contribution in [0.5, 0.6) is 0 Å². The predicted molar refractivity (Wildman–Crippen MR) is 73.4 cm³/mol. The van der Waals surface area contributed by atoms with Crippen molar-refractivity contribution in [1.29, 1.82) is 0 Å². The molecule has 1 aliphatic rings. The average Bonchev–Trinajstić information content (AvgIpc) is 3.15. The SMILES string of the molecule is CCC(CNC(=O)CSc1nncn1C1CC1)C(=O)O. The van der Waals surface area contributed by atoms with E-state index in [2.05, 4.69) is 15.5 Å². The molecule has 1 heterocycles. The van der Waals surface area contributed by atoms with E-state index >= 15 is 0 Å². The largest absolute Gasteiger partial charge is 0.481 e. The summed E-state index contributed by atoms with van der Waals surface area (Å²) in [5, 5.41) is 20.1. The normalized spacial score (nSPS) is 15.8. The molecule has 0 saturated heterocycles. The van der Waals surface area contributed by atoms with Gasteiger partial charge in [-0.1, -0.05) is 18.7 Å². The van der Waals surface area contributed by atoms with Gasteiger partial charge in [0.15, 0.2) is 5.16 Å². The summed E-state index contributed by atoms with van der Waals surface area (Å²) < 4.78 is 1.99. The van der Waals surface area contributed by atoms with Gasteiger partial charge in [-0.15, -0.1) is 10.2 Å². The van der Waals surface area contributed by atoms with Crippen LogP contribution in [0.4, 0.5) is 0 Å². The van der Waals surface area contributed by atoms with Gasteiger partial charge in [0.2, 0.25) is 5.91 Å². The lowest BCUT2D eigenvalue weighted by atomic mass is 10.1. The summed E-state index contributed by atoms with van der Waals surface area (Å²) >= 11 is 1.33. The van der Waals surface area contributed by atoms with Crippen LogP contribution in [0.2, 0.25) is 0 Å². The Labute approximate surface area is 121 Å². The molecule has 1 atom stereocenters. The van der Waals surface area contributed by atoms with Gasteiger partial charge in [0.25, 0.3) is 0 Å². The van der Waals surface area contributed by atoms with Gasteiger partial charge < -0.3 is 15.0 Å². The Kier molecular flexibility index (Phi) is 4.99. The van der Waals surface area contributed by atoms with Gasteiger partial charge in [-0.05, 0) is 19.3 Å². The summed E-state index contributed by atoms with van der Waals surface area (Å²) in [6, 6.07) is 0.479. The number of hydrogen-bond acceptors (Lipinski definition) is 5. The van der Waals surface area contributed by atoms with Gasteiger partial charge in [-0.3, -0.25) is 9.59 Å². The lowest BCUT2D eigenvalue weighted by Gasteiger charge is -2.10. The Morgan fingerprint density at radius 3 is 2.95 bits per heavy atom. The first-order valence-electron chi connectivity index (χ1n) is 6.63. The number of carbonyl (C=O) groups is 2. The highest BCUT2D eigenvalue weighted by atomic mass is 32.2. The van der Waals surface area contributed by atoms with Crippen LogP contribution in [0, 0.1) is 5.92 Å². The lowest BCUT2D eigenvalue weighted by molar-refractivity contribution is -0.141. The van der Waals surface area contributed by atoms with Crippen molar-refractivity contribution in [2.45, 2.75) is 37.4 Å². The fraction of sp³-hybridized carbons (Fsp3) is 0.667. The van der Waals surface area contributed by atoms with Crippen LogP contribution in [0.25, 0.3) is 0 Å². The van der Waals surface area contributed by atoms with Crippen molar-refractivity contribution in [3.63, 3.8) is 0 Å². The second-order valence-electron chi connectivity index (χ2n) is 4.79. The van der Waals surface area contributed by atoms with E-state index < -0.39 is 11.9 Å². The molecule has 1 aliphatic carbocycles. The van der Waals surface area contributed by atoms with E-state index in [9.17, 15) is 9.59 Å². The molecule has 0 spiro atoms. The van der Waals surface area contributed by atoms with Crippen LogP contribution in [0.15, 0.2) is 11.5 Å². The van der Waals surface area contributed by atoms with E-state index in [1.165, 1.54) is 11.8 Å². The number of nitrogens with zero attached hydrogens (tertiary/aromatic N) is 3. The molecule has 1 saturated carbocycles. The molecule has 0 radical (unpaired) electrons. The highest BCUT2D eigenvalue weighted by molar-refractivity contribution is 7.99. The van der Waals surface area contributed by atoms with E-state index in [4.69, 9.17) is 5.11 Å². The fourth-order valence-corrected chi connectivity index (χ4v) is 2.58. The molecule has 110 valence electrons. The summed E-state index contributed by atoms with van der Waals surface area (Å²) in [7, 11) is 0. The van der Waals surface area contributed by atoms with E-state index in [0.717, 1.165) is 18.0 Å². The number of nitrogens with one attached hydrogen (secondary N) is 1. The molecule has 1 amide bonds. The minimum atomic E-state index is -0.881. The maximum atomic E-state index is 11.7. The zero-order valence-corrected chi connectivity index (χ0v) is 12.1. The first kappa shape index (κ1) is 14.8. The minimum Gasteiger partial charge on any atom is -0.481 e. The van der Waals surface area contributed by atoms with Crippen molar-refractivity contribution in [2.24, 2.45) is 5.92 Å². The van der Waals surface area contributed by atoms with Crippen molar-refractivity contribution in [2.75, 3.05) is 12.3 Å². The van der Waals surface area contributed by atoms with E-state index in [0.29, 0.717) is 12.5 Å². The minimum absolute atomic E-state index is 0.167. The van der Waals surface area contributed by atoms with Crippen LogP contribution >= 0.6 is 11.8 Å². The van der Waals surface area contributed by atoms with Crippen molar-refractivity contribution in [3.05, 3.63) is 6.33 Å². The van der Waals surface area contributed by atoms with Crippen LogP contribution in [0.1, 0.15) is 32.2 Å². The highest BCUT2D eigenvalue weighted by Crippen LogP contribution is 2.37. The molecule has 0 aliphatic heterocycles. The molecule has 2 rings (SSSR count). The standard InChI is InChI=1S/C12H18N4O3S/c1-2-8(11(18)19)5-13-10(17)6-20-12-15-14-7-16(12)9-3-4-9/h7-9H,2-6H2,1H3,(H,13,17)(H,18,19). The van der Waals surface area contributed by atoms with Crippen LogP contribution < -0.4 is 5.32 Å². The summed E-state index contributed by atoms with van der Waals surface area (Å²) in [5.41, 5.74) is 0. The third-order valence-corrected chi connectivity index (χ3v) is 4.16. The molecule has 8 heteroatoms. The van der Waals surface area contributed by atoms with Crippen LogP contribution in [0.3, 0.4) is 0 Å². The van der Waals surface area contributed by atoms with E-state index in [-0.39, 0.29) is 18.2 Å². The smallest absolute Gasteiger partial charge is 0.308 e. The summed E-state index contributed by atoms with van der Waals surface area (Å²) in [6.07, 6.45) is 4.46. The summed E-state index contributed by atoms with van der Waals surface area (Å²) in [6.45, 7) is 1.96. The number of carboxylic acid groups (broad SMARTS) is 1. The maximum Gasteiger partial charge on any atom is 0.308 e. The number of hydrogen-bond donors (Lipinski definition) is 2. The zero-order chi connectivity index (χ0) is 14.5. The molecule has 1 fully saturated rings.